The molecule has 0 N–H and O–H groups in total. The Kier molecular flexibility index (Phi) is 3.77. The van der Waals surface area contributed by atoms with E-state index in [0.717, 1.165) is 0 Å². The molecule has 0 bridgehead atoms. The molecule has 0 aromatic heterocycles. The topological polar surface area (TPSA) is 69.4 Å². The van der Waals surface area contributed by atoms with Gasteiger partial charge in [0.1, 0.15) is 0 Å². The van der Waals surface area contributed by atoms with Crippen LogP contribution in [-0.4, -0.2) is 17.5 Å². The lowest BCUT2D eigenvalue weighted by molar-refractivity contribution is -0.384. The molecule has 0 aliphatic rings. The highest BCUT2D eigenvalue weighted by Gasteiger charge is 2.14. The van der Waals surface area contributed by atoms with Crippen LogP contribution in [0.5, 0.6) is 0 Å². The van der Waals surface area contributed by atoms with Crippen LogP contribution in [0.1, 0.15) is 22.8 Å². The van der Waals surface area contributed by atoms with E-state index < -0.39 is 10.9 Å². The lowest BCUT2D eigenvalue weighted by Crippen LogP contribution is -2.06. The number of nitro groups is 1. The first-order chi connectivity index (χ1) is 7.60. The molecule has 1 aromatic carbocycles. The summed E-state index contributed by atoms with van der Waals surface area (Å²) in [5.74, 6) is -0.507. The summed E-state index contributed by atoms with van der Waals surface area (Å²) in [6.07, 6.45) is 1.39. The number of hydrogen-bond donors (Lipinski definition) is 0. The van der Waals surface area contributed by atoms with Gasteiger partial charge in [-0.3, -0.25) is 10.1 Å². The average molecular weight is 221 g/mol. The summed E-state index contributed by atoms with van der Waals surface area (Å²) in [7, 11) is 0. The van der Waals surface area contributed by atoms with Crippen molar-refractivity contribution >= 4 is 17.7 Å². The third kappa shape index (κ3) is 2.44. The maximum Gasteiger partial charge on any atom is 0.338 e. The van der Waals surface area contributed by atoms with Crippen LogP contribution in [0.25, 0.3) is 6.08 Å². The third-order valence-corrected chi connectivity index (χ3v) is 1.96. The second-order valence-electron chi connectivity index (χ2n) is 2.95. The van der Waals surface area contributed by atoms with Crippen LogP contribution >= 0.6 is 0 Å². The Balaban J connectivity index is 3.16. The molecule has 0 aliphatic carbocycles. The predicted molar refractivity (Wildman–Crippen MR) is 59.1 cm³/mol. The molecular formula is C11H11NO4. The van der Waals surface area contributed by atoms with Crippen LogP contribution in [0.4, 0.5) is 5.69 Å². The molecular weight excluding hydrogens is 210 g/mol. The van der Waals surface area contributed by atoms with E-state index in [2.05, 4.69) is 6.58 Å². The number of carbonyl (C=O) groups excluding carboxylic acids is 1. The van der Waals surface area contributed by atoms with Crippen LogP contribution in [0.3, 0.4) is 0 Å². The van der Waals surface area contributed by atoms with Crippen LogP contribution < -0.4 is 0 Å². The highest BCUT2D eigenvalue weighted by molar-refractivity contribution is 5.94. The number of non-ortho nitro benzene ring substituents is 1. The van der Waals surface area contributed by atoms with E-state index in [1.54, 1.807) is 6.92 Å². The van der Waals surface area contributed by atoms with Crippen molar-refractivity contribution in [2.45, 2.75) is 6.92 Å². The molecule has 0 radical (unpaired) electrons. The molecule has 5 nitrogen and oxygen atoms in total. The number of benzene rings is 1. The molecule has 16 heavy (non-hydrogen) atoms. The zero-order chi connectivity index (χ0) is 12.1. The first-order valence-electron chi connectivity index (χ1n) is 4.68. The van der Waals surface area contributed by atoms with Crippen LogP contribution in [-0.2, 0) is 4.74 Å². The summed E-state index contributed by atoms with van der Waals surface area (Å²) in [6, 6.07) is 3.92. The fourth-order valence-corrected chi connectivity index (χ4v) is 1.23. The Hall–Kier alpha value is -2.17. The number of nitro benzene ring substituents is 1. The van der Waals surface area contributed by atoms with Gasteiger partial charge in [0.2, 0.25) is 0 Å². The van der Waals surface area contributed by atoms with E-state index in [4.69, 9.17) is 4.74 Å². The SMILES string of the molecule is C=Cc1cc([N+](=O)[O-])ccc1C(=O)OCC. The Labute approximate surface area is 92.5 Å². The number of rotatable bonds is 4. The van der Waals surface area contributed by atoms with E-state index in [0.29, 0.717) is 5.56 Å². The van der Waals surface area contributed by atoms with Crippen LogP contribution in [0.15, 0.2) is 24.8 Å². The zero-order valence-corrected chi connectivity index (χ0v) is 8.80. The maximum atomic E-state index is 11.5. The van der Waals surface area contributed by atoms with Crippen molar-refractivity contribution < 1.29 is 14.5 Å². The van der Waals surface area contributed by atoms with Gasteiger partial charge in [0.05, 0.1) is 17.1 Å². The van der Waals surface area contributed by atoms with Crippen LogP contribution in [0.2, 0.25) is 0 Å². The molecule has 0 unspecified atom stereocenters. The van der Waals surface area contributed by atoms with Crippen molar-refractivity contribution in [3.05, 3.63) is 46.0 Å². The average Bonchev–Trinajstić information content (AvgIpc) is 2.28. The molecule has 0 amide bonds. The smallest absolute Gasteiger partial charge is 0.338 e. The number of ether oxygens (including phenoxy) is 1. The van der Waals surface area contributed by atoms with E-state index in [1.165, 1.54) is 24.3 Å². The Morgan fingerprint density at radius 3 is 2.81 bits per heavy atom. The van der Waals surface area contributed by atoms with Gasteiger partial charge in [0.15, 0.2) is 0 Å². The molecule has 0 fully saturated rings. The lowest BCUT2D eigenvalue weighted by Gasteiger charge is -2.04. The highest BCUT2D eigenvalue weighted by atomic mass is 16.6. The fourth-order valence-electron chi connectivity index (χ4n) is 1.23. The van der Waals surface area contributed by atoms with E-state index >= 15 is 0 Å². The van der Waals surface area contributed by atoms with Crippen molar-refractivity contribution in [2.75, 3.05) is 6.61 Å². The van der Waals surface area contributed by atoms with Gasteiger partial charge in [-0.1, -0.05) is 12.7 Å². The van der Waals surface area contributed by atoms with Gasteiger partial charge in [-0.25, -0.2) is 4.79 Å². The minimum Gasteiger partial charge on any atom is -0.462 e. The largest absolute Gasteiger partial charge is 0.462 e. The summed E-state index contributed by atoms with van der Waals surface area (Å²) >= 11 is 0. The Morgan fingerprint density at radius 2 is 2.31 bits per heavy atom. The first kappa shape index (κ1) is 11.9. The first-order valence-corrected chi connectivity index (χ1v) is 4.68. The van der Waals surface area contributed by atoms with Crippen molar-refractivity contribution in [2.24, 2.45) is 0 Å². The molecule has 1 rings (SSSR count). The van der Waals surface area contributed by atoms with Gasteiger partial charge >= 0.3 is 5.97 Å². The van der Waals surface area contributed by atoms with Gasteiger partial charge < -0.3 is 4.74 Å². The second-order valence-corrected chi connectivity index (χ2v) is 2.95. The van der Waals surface area contributed by atoms with Gasteiger partial charge in [-0.05, 0) is 18.6 Å². The minimum atomic E-state index is -0.526. The molecule has 1 aromatic rings. The summed E-state index contributed by atoms with van der Waals surface area (Å²) in [5, 5.41) is 10.5. The molecule has 0 heterocycles. The Bertz CT molecular complexity index is 440. The molecule has 5 heteroatoms. The van der Waals surface area contributed by atoms with Crippen molar-refractivity contribution in [3.8, 4) is 0 Å². The molecule has 84 valence electrons. The fraction of sp³-hybridized carbons (Fsp3) is 0.182. The van der Waals surface area contributed by atoms with E-state index in [1.807, 2.05) is 0 Å². The molecule has 0 atom stereocenters. The molecule has 0 saturated carbocycles. The Morgan fingerprint density at radius 1 is 1.62 bits per heavy atom. The number of hydrogen-bond acceptors (Lipinski definition) is 4. The monoisotopic (exact) mass is 221 g/mol. The lowest BCUT2D eigenvalue weighted by atomic mass is 10.1. The maximum absolute atomic E-state index is 11.5. The van der Waals surface area contributed by atoms with Gasteiger partial charge in [-0.2, -0.15) is 0 Å². The normalized spacial score (nSPS) is 9.56. The second kappa shape index (κ2) is 5.06. The van der Waals surface area contributed by atoms with Gasteiger partial charge in [0, 0.05) is 12.1 Å². The minimum absolute atomic E-state index is 0.0806. The number of carbonyl (C=O) groups is 1. The molecule has 0 spiro atoms. The zero-order valence-electron chi connectivity index (χ0n) is 8.80. The van der Waals surface area contributed by atoms with Gasteiger partial charge in [0.25, 0.3) is 5.69 Å². The quantitative estimate of drug-likeness (QED) is 0.444. The van der Waals surface area contributed by atoms with Crippen molar-refractivity contribution in [1.29, 1.82) is 0 Å². The molecule has 0 saturated heterocycles. The third-order valence-electron chi connectivity index (χ3n) is 1.96. The van der Waals surface area contributed by atoms with Crippen molar-refractivity contribution in [3.63, 3.8) is 0 Å². The van der Waals surface area contributed by atoms with E-state index in [9.17, 15) is 14.9 Å². The highest BCUT2D eigenvalue weighted by Crippen LogP contribution is 2.19. The molecule has 0 aliphatic heterocycles. The number of nitrogens with zero attached hydrogens (tertiary/aromatic N) is 1. The predicted octanol–water partition coefficient (Wildman–Crippen LogP) is 2.41. The summed E-state index contributed by atoms with van der Waals surface area (Å²) in [6.45, 7) is 5.45. The van der Waals surface area contributed by atoms with Crippen LogP contribution in [0, 0.1) is 10.1 Å². The summed E-state index contributed by atoms with van der Waals surface area (Å²) in [5.41, 5.74) is 0.595. The standard InChI is InChI=1S/C11H11NO4/c1-3-8-7-9(12(14)15)5-6-10(8)11(13)16-4-2/h3,5-7H,1,4H2,2H3. The summed E-state index contributed by atoms with van der Waals surface area (Å²) < 4.78 is 4.81. The van der Waals surface area contributed by atoms with E-state index in [-0.39, 0.29) is 17.9 Å². The van der Waals surface area contributed by atoms with Crippen molar-refractivity contribution in [1.82, 2.24) is 0 Å². The van der Waals surface area contributed by atoms with Gasteiger partial charge in [-0.15, -0.1) is 0 Å². The number of esters is 1. The summed E-state index contributed by atoms with van der Waals surface area (Å²) in [4.78, 5) is 21.5.